The number of nitrogen functional groups attached to an aromatic ring is 1. The van der Waals surface area contributed by atoms with Crippen molar-refractivity contribution >= 4 is 43.0 Å². The van der Waals surface area contributed by atoms with Crippen molar-refractivity contribution in [3.8, 4) is 0 Å². The minimum atomic E-state index is -3.85. The number of fused-ring (bicyclic) bond motifs is 1. The maximum Gasteiger partial charge on any atom is 0.262 e. The van der Waals surface area contributed by atoms with Gasteiger partial charge >= 0.3 is 0 Å². The molecule has 0 saturated carbocycles. The van der Waals surface area contributed by atoms with Gasteiger partial charge in [0.1, 0.15) is 5.82 Å². The Morgan fingerprint density at radius 2 is 2.00 bits per heavy atom. The lowest BCUT2D eigenvalue weighted by Crippen LogP contribution is -2.14. The van der Waals surface area contributed by atoms with E-state index in [9.17, 15) is 12.8 Å². The smallest absolute Gasteiger partial charge is 0.262 e. The second-order valence-corrected chi connectivity index (χ2v) is 7.62. The normalized spacial score (nSPS) is 11.7. The van der Waals surface area contributed by atoms with Crippen molar-refractivity contribution in [3.63, 3.8) is 0 Å². The van der Waals surface area contributed by atoms with Gasteiger partial charge in [0.15, 0.2) is 0 Å². The van der Waals surface area contributed by atoms with Gasteiger partial charge in [-0.3, -0.25) is 4.72 Å². The Balaban J connectivity index is 2.02. The van der Waals surface area contributed by atoms with Crippen LogP contribution in [0.5, 0.6) is 0 Å². The van der Waals surface area contributed by atoms with Gasteiger partial charge in [0.25, 0.3) is 10.0 Å². The summed E-state index contributed by atoms with van der Waals surface area (Å²) in [5.41, 5.74) is 6.58. The number of nitrogens with zero attached hydrogens (tertiary/aromatic N) is 1. The fourth-order valence-electron chi connectivity index (χ4n) is 2.01. The zero-order chi connectivity index (χ0) is 15.9. The minimum Gasteiger partial charge on any atom is -0.397 e. The molecule has 22 heavy (non-hydrogen) atoms. The Hall–Kier alpha value is -2.19. The quantitative estimate of drug-likeness (QED) is 0.719. The van der Waals surface area contributed by atoms with Crippen LogP contribution in [-0.4, -0.2) is 13.4 Å². The Kier molecular flexibility index (Phi) is 3.50. The first-order valence-electron chi connectivity index (χ1n) is 6.30. The largest absolute Gasteiger partial charge is 0.397 e. The molecule has 114 valence electrons. The van der Waals surface area contributed by atoms with Gasteiger partial charge in [0, 0.05) is 6.07 Å². The SMILES string of the molecule is Cc1nc2ccc(S(=O)(=O)Nc3cc(F)ccc3N)cc2s1. The van der Waals surface area contributed by atoms with Gasteiger partial charge < -0.3 is 5.73 Å². The van der Waals surface area contributed by atoms with E-state index in [0.29, 0.717) is 0 Å². The van der Waals surface area contributed by atoms with Crippen LogP contribution in [0.3, 0.4) is 0 Å². The van der Waals surface area contributed by atoms with Crippen molar-refractivity contribution in [2.24, 2.45) is 0 Å². The first-order valence-corrected chi connectivity index (χ1v) is 8.60. The van der Waals surface area contributed by atoms with Gasteiger partial charge in [-0.1, -0.05) is 0 Å². The first-order chi connectivity index (χ1) is 10.3. The molecule has 3 N–H and O–H groups in total. The molecule has 0 spiro atoms. The molecule has 3 rings (SSSR count). The number of aromatic nitrogens is 1. The van der Waals surface area contributed by atoms with E-state index in [0.717, 1.165) is 21.3 Å². The van der Waals surface area contributed by atoms with Crippen molar-refractivity contribution in [2.75, 3.05) is 10.5 Å². The Morgan fingerprint density at radius 1 is 1.23 bits per heavy atom. The van der Waals surface area contributed by atoms with Crippen molar-refractivity contribution in [1.29, 1.82) is 0 Å². The molecule has 0 bridgehead atoms. The van der Waals surface area contributed by atoms with Crippen molar-refractivity contribution < 1.29 is 12.8 Å². The lowest BCUT2D eigenvalue weighted by Gasteiger charge is -2.10. The molecule has 0 unspecified atom stereocenters. The van der Waals surface area contributed by atoms with Crippen LogP contribution < -0.4 is 10.5 Å². The second-order valence-electron chi connectivity index (χ2n) is 4.70. The molecule has 0 radical (unpaired) electrons. The van der Waals surface area contributed by atoms with Crippen molar-refractivity contribution in [1.82, 2.24) is 4.98 Å². The number of hydrogen-bond donors (Lipinski definition) is 2. The third kappa shape index (κ3) is 2.75. The Labute approximate surface area is 130 Å². The van der Waals surface area contributed by atoms with E-state index in [-0.39, 0.29) is 16.3 Å². The molecule has 0 aliphatic rings. The van der Waals surface area contributed by atoms with E-state index in [1.54, 1.807) is 6.07 Å². The molecular formula is C14H12FN3O2S2. The summed E-state index contributed by atoms with van der Waals surface area (Å²) in [4.78, 5) is 4.36. The number of nitrogens with one attached hydrogen (secondary N) is 1. The van der Waals surface area contributed by atoms with E-state index in [2.05, 4.69) is 9.71 Å². The first kappa shape index (κ1) is 14.7. The monoisotopic (exact) mass is 337 g/mol. The number of sulfonamides is 1. The van der Waals surface area contributed by atoms with Crippen LogP contribution in [0.4, 0.5) is 15.8 Å². The summed E-state index contributed by atoms with van der Waals surface area (Å²) in [7, 11) is -3.85. The van der Waals surface area contributed by atoms with E-state index in [1.807, 2.05) is 6.92 Å². The number of benzene rings is 2. The number of aryl methyl sites for hydroxylation is 1. The molecule has 0 fully saturated rings. The van der Waals surface area contributed by atoms with Gasteiger partial charge in [-0.2, -0.15) is 0 Å². The summed E-state index contributed by atoms with van der Waals surface area (Å²) in [5.74, 6) is -0.569. The predicted octanol–water partition coefficient (Wildman–Crippen LogP) is 3.13. The molecule has 1 aromatic heterocycles. The lowest BCUT2D eigenvalue weighted by molar-refractivity contribution is 0.601. The van der Waals surface area contributed by atoms with Crippen LogP contribution in [0.2, 0.25) is 0 Å². The molecule has 3 aromatic rings. The lowest BCUT2D eigenvalue weighted by atomic mass is 10.3. The highest BCUT2D eigenvalue weighted by atomic mass is 32.2. The topological polar surface area (TPSA) is 85.1 Å². The van der Waals surface area contributed by atoms with Crippen molar-refractivity contribution in [3.05, 3.63) is 47.2 Å². The Bertz CT molecular complexity index is 967. The Morgan fingerprint density at radius 3 is 2.77 bits per heavy atom. The van der Waals surface area contributed by atoms with Gasteiger partial charge in [0.2, 0.25) is 0 Å². The summed E-state index contributed by atoms with van der Waals surface area (Å²) in [6, 6.07) is 8.16. The maximum atomic E-state index is 13.2. The number of nitrogens with two attached hydrogens (primary N) is 1. The number of thiazole rings is 1. The van der Waals surface area contributed by atoms with Crippen LogP contribution >= 0.6 is 11.3 Å². The fourth-order valence-corrected chi connectivity index (χ4v) is 4.05. The van der Waals surface area contributed by atoms with Gasteiger partial charge in [0.05, 0.1) is 31.5 Å². The summed E-state index contributed by atoms with van der Waals surface area (Å²) in [6.07, 6.45) is 0. The van der Waals surface area contributed by atoms with Crippen molar-refractivity contribution in [2.45, 2.75) is 11.8 Å². The zero-order valence-corrected chi connectivity index (χ0v) is 13.1. The summed E-state index contributed by atoms with van der Waals surface area (Å²) >= 11 is 1.41. The third-order valence-electron chi connectivity index (χ3n) is 3.04. The molecule has 0 aliphatic carbocycles. The summed E-state index contributed by atoms with van der Waals surface area (Å²) < 4.78 is 41.1. The molecular weight excluding hydrogens is 325 g/mol. The van der Waals surface area contributed by atoms with E-state index >= 15 is 0 Å². The number of rotatable bonds is 3. The number of halogens is 1. The minimum absolute atomic E-state index is 0.0144. The van der Waals surface area contributed by atoms with Crippen LogP contribution in [0.1, 0.15) is 5.01 Å². The van der Waals surface area contributed by atoms with Crippen LogP contribution in [0.15, 0.2) is 41.3 Å². The molecule has 0 aliphatic heterocycles. The third-order valence-corrected chi connectivity index (χ3v) is 5.33. The van der Waals surface area contributed by atoms with E-state index in [1.165, 1.54) is 35.6 Å². The van der Waals surface area contributed by atoms with Gasteiger partial charge in [-0.05, 0) is 37.3 Å². The molecule has 0 amide bonds. The number of hydrogen-bond acceptors (Lipinski definition) is 5. The highest BCUT2D eigenvalue weighted by Gasteiger charge is 2.17. The molecule has 8 heteroatoms. The zero-order valence-electron chi connectivity index (χ0n) is 11.5. The fraction of sp³-hybridized carbons (Fsp3) is 0.0714. The summed E-state index contributed by atoms with van der Waals surface area (Å²) in [6.45, 7) is 1.85. The van der Waals surface area contributed by atoms with Crippen LogP contribution in [0.25, 0.3) is 10.2 Å². The van der Waals surface area contributed by atoms with Gasteiger partial charge in [-0.15, -0.1) is 11.3 Å². The van der Waals surface area contributed by atoms with E-state index in [4.69, 9.17) is 5.73 Å². The average Bonchev–Trinajstić information content (AvgIpc) is 2.81. The average molecular weight is 337 g/mol. The molecule has 0 atom stereocenters. The standard InChI is InChI=1S/C14H12FN3O2S2/c1-8-17-12-5-3-10(7-14(12)21-8)22(19,20)18-13-6-9(15)2-4-11(13)16/h2-7,18H,16H2,1H3. The highest BCUT2D eigenvalue weighted by molar-refractivity contribution is 7.92. The summed E-state index contributed by atoms with van der Waals surface area (Å²) in [5, 5.41) is 0.854. The molecule has 1 heterocycles. The maximum absolute atomic E-state index is 13.2. The number of anilines is 2. The molecule has 0 saturated heterocycles. The van der Waals surface area contributed by atoms with Crippen LogP contribution in [0, 0.1) is 12.7 Å². The molecule has 2 aromatic carbocycles. The second kappa shape index (κ2) is 5.22. The van der Waals surface area contributed by atoms with Gasteiger partial charge in [-0.25, -0.2) is 17.8 Å². The molecule has 5 nitrogen and oxygen atoms in total. The van der Waals surface area contributed by atoms with Crippen LogP contribution in [-0.2, 0) is 10.0 Å². The highest BCUT2D eigenvalue weighted by Crippen LogP contribution is 2.27. The van der Waals surface area contributed by atoms with E-state index < -0.39 is 15.8 Å². The predicted molar refractivity (Wildman–Crippen MR) is 86.0 cm³/mol.